The zero-order valence-electron chi connectivity index (χ0n) is 10.5. The van der Waals surface area contributed by atoms with E-state index in [0.29, 0.717) is 10.2 Å². The number of nitrogens with zero attached hydrogens (tertiary/aromatic N) is 3. The number of aromatic nitrogens is 2. The van der Waals surface area contributed by atoms with E-state index in [-0.39, 0.29) is 23.6 Å². The maximum Gasteiger partial charge on any atom is 0.335 e. The molecule has 2 heterocycles. The van der Waals surface area contributed by atoms with E-state index in [0.717, 1.165) is 0 Å². The quantitative estimate of drug-likeness (QED) is 0.626. The Balaban J connectivity index is 2.18. The molecule has 2 aromatic rings. The third kappa shape index (κ3) is 3.72. The van der Waals surface area contributed by atoms with Crippen LogP contribution in [0.25, 0.3) is 0 Å². The van der Waals surface area contributed by atoms with Crippen molar-refractivity contribution in [2.45, 2.75) is 6.54 Å². The summed E-state index contributed by atoms with van der Waals surface area (Å²) in [6, 6.07) is 4.09. The van der Waals surface area contributed by atoms with E-state index in [1.807, 2.05) is 0 Å². The van der Waals surface area contributed by atoms with Crippen LogP contribution in [0.4, 0.5) is 11.5 Å². The highest BCUT2D eigenvalue weighted by atomic mass is 79.9. The number of carbonyl (C=O) groups is 1. The van der Waals surface area contributed by atoms with Crippen LogP contribution in [0.5, 0.6) is 0 Å². The zero-order chi connectivity index (χ0) is 15.4. The first-order valence-corrected chi connectivity index (χ1v) is 6.48. The molecule has 2 aromatic heterocycles. The molecule has 0 atom stereocenters. The molecule has 2 N–H and O–H groups in total. The third-order valence-electron chi connectivity index (χ3n) is 2.53. The van der Waals surface area contributed by atoms with Crippen molar-refractivity contribution in [3.63, 3.8) is 0 Å². The second-order valence-corrected chi connectivity index (χ2v) is 4.89. The largest absolute Gasteiger partial charge is 0.478 e. The molecular formula is C12H9BrN4O4. The second-order valence-electron chi connectivity index (χ2n) is 3.97. The van der Waals surface area contributed by atoms with Crippen molar-refractivity contribution < 1.29 is 14.8 Å². The monoisotopic (exact) mass is 352 g/mol. The Morgan fingerprint density at radius 1 is 1.43 bits per heavy atom. The van der Waals surface area contributed by atoms with Gasteiger partial charge in [0.25, 0.3) is 0 Å². The molecule has 2 rings (SSSR count). The lowest BCUT2D eigenvalue weighted by molar-refractivity contribution is -0.384. The Hall–Kier alpha value is -2.55. The minimum atomic E-state index is -1.06. The summed E-state index contributed by atoms with van der Waals surface area (Å²) in [5, 5.41) is 22.6. The molecule has 0 saturated carbocycles. The van der Waals surface area contributed by atoms with Gasteiger partial charge >= 0.3 is 11.7 Å². The molecule has 0 fully saturated rings. The van der Waals surface area contributed by atoms with E-state index in [1.54, 1.807) is 0 Å². The number of nitro groups is 1. The number of halogens is 1. The fraction of sp³-hybridized carbons (Fsp3) is 0.0833. The topological polar surface area (TPSA) is 118 Å². The van der Waals surface area contributed by atoms with Crippen molar-refractivity contribution in [2.24, 2.45) is 0 Å². The highest BCUT2D eigenvalue weighted by Crippen LogP contribution is 2.25. The van der Waals surface area contributed by atoms with Gasteiger partial charge in [0.15, 0.2) is 0 Å². The summed E-state index contributed by atoms with van der Waals surface area (Å²) >= 11 is 3.11. The lowest BCUT2D eigenvalue weighted by atomic mass is 10.2. The van der Waals surface area contributed by atoms with Crippen LogP contribution in [-0.2, 0) is 6.54 Å². The molecule has 21 heavy (non-hydrogen) atoms. The molecule has 0 unspecified atom stereocenters. The fourth-order valence-corrected chi connectivity index (χ4v) is 1.91. The van der Waals surface area contributed by atoms with Crippen LogP contribution in [0.1, 0.15) is 16.1 Å². The molecule has 0 bridgehead atoms. The van der Waals surface area contributed by atoms with Crippen LogP contribution in [0, 0.1) is 10.1 Å². The molecule has 0 radical (unpaired) electrons. The number of rotatable bonds is 5. The van der Waals surface area contributed by atoms with Gasteiger partial charge < -0.3 is 10.4 Å². The van der Waals surface area contributed by atoms with Crippen LogP contribution >= 0.6 is 15.9 Å². The summed E-state index contributed by atoms with van der Waals surface area (Å²) in [5.41, 5.74) is 0.354. The molecule has 0 aliphatic heterocycles. The molecule has 0 saturated heterocycles. The van der Waals surface area contributed by atoms with Crippen molar-refractivity contribution in [1.29, 1.82) is 0 Å². The minimum absolute atomic E-state index is 0.0886. The van der Waals surface area contributed by atoms with Gasteiger partial charge in [-0.1, -0.05) is 0 Å². The first-order valence-electron chi connectivity index (χ1n) is 5.69. The number of nitrogens with one attached hydrogen (secondary N) is 1. The van der Waals surface area contributed by atoms with Gasteiger partial charge in [0.1, 0.15) is 0 Å². The van der Waals surface area contributed by atoms with Crippen LogP contribution < -0.4 is 5.32 Å². The van der Waals surface area contributed by atoms with Gasteiger partial charge in [0, 0.05) is 22.9 Å². The van der Waals surface area contributed by atoms with E-state index in [1.165, 1.54) is 30.6 Å². The predicted molar refractivity (Wildman–Crippen MR) is 77.1 cm³/mol. The maximum atomic E-state index is 10.9. The van der Waals surface area contributed by atoms with E-state index in [9.17, 15) is 14.9 Å². The van der Waals surface area contributed by atoms with Gasteiger partial charge in [-0.25, -0.2) is 9.78 Å². The summed E-state index contributed by atoms with van der Waals surface area (Å²) in [6.07, 6.45) is 2.79. The highest BCUT2D eigenvalue weighted by Gasteiger charge is 2.16. The number of hydrogen-bond acceptors (Lipinski definition) is 6. The van der Waals surface area contributed by atoms with Crippen molar-refractivity contribution in [1.82, 2.24) is 9.97 Å². The number of anilines is 1. The van der Waals surface area contributed by atoms with Crippen LogP contribution in [0.3, 0.4) is 0 Å². The highest BCUT2D eigenvalue weighted by molar-refractivity contribution is 9.10. The van der Waals surface area contributed by atoms with Crippen molar-refractivity contribution in [3.8, 4) is 0 Å². The fourth-order valence-electron chi connectivity index (χ4n) is 1.59. The normalized spacial score (nSPS) is 10.1. The van der Waals surface area contributed by atoms with Gasteiger partial charge in [-0.15, -0.1) is 0 Å². The molecule has 0 amide bonds. The maximum absolute atomic E-state index is 10.9. The minimum Gasteiger partial charge on any atom is -0.478 e. The first-order chi connectivity index (χ1) is 9.97. The van der Waals surface area contributed by atoms with E-state index >= 15 is 0 Å². The molecule has 9 heteroatoms. The number of carboxylic acids is 1. The zero-order valence-corrected chi connectivity index (χ0v) is 12.1. The summed E-state index contributed by atoms with van der Waals surface area (Å²) < 4.78 is 0.491. The lowest BCUT2D eigenvalue weighted by Gasteiger charge is -2.06. The molecule has 108 valence electrons. The van der Waals surface area contributed by atoms with Gasteiger partial charge in [0.05, 0.1) is 22.7 Å². The Morgan fingerprint density at radius 3 is 2.86 bits per heavy atom. The summed E-state index contributed by atoms with van der Waals surface area (Å²) in [4.78, 5) is 29.2. The van der Waals surface area contributed by atoms with Gasteiger partial charge in [0.2, 0.25) is 5.82 Å². The molecule has 8 nitrogen and oxygen atoms in total. The summed E-state index contributed by atoms with van der Waals surface area (Å²) in [6.45, 7) is 0.122. The van der Waals surface area contributed by atoms with Gasteiger partial charge in [-0.05, 0) is 28.1 Å². The summed E-state index contributed by atoms with van der Waals surface area (Å²) in [7, 11) is 0. The lowest BCUT2D eigenvalue weighted by Crippen LogP contribution is -2.07. The van der Waals surface area contributed by atoms with Crippen LogP contribution in [0.2, 0.25) is 0 Å². The van der Waals surface area contributed by atoms with Crippen LogP contribution in [-0.4, -0.2) is 26.0 Å². The Labute approximate surface area is 127 Å². The third-order valence-corrected chi connectivity index (χ3v) is 2.97. The smallest absolute Gasteiger partial charge is 0.335 e. The molecule has 0 spiro atoms. The van der Waals surface area contributed by atoms with Crippen LogP contribution in [0.15, 0.2) is 35.1 Å². The van der Waals surface area contributed by atoms with Gasteiger partial charge in [-0.2, -0.15) is 0 Å². The molecule has 0 aliphatic carbocycles. The molecular weight excluding hydrogens is 344 g/mol. The van der Waals surface area contributed by atoms with Crippen molar-refractivity contribution >= 4 is 33.4 Å². The number of pyridine rings is 2. The van der Waals surface area contributed by atoms with E-state index in [2.05, 4.69) is 31.2 Å². The van der Waals surface area contributed by atoms with E-state index < -0.39 is 10.9 Å². The second kappa shape index (κ2) is 6.27. The number of aromatic carboxylic acids is 1. The Morgan fingerprint density at radius 2 is 2.19 bits per heavy atom. The van der Waals surface area contributed by atoms with Crippen molar-refractivity contribution in [2.75, 3.05) is 5.32 Å². The number of hydrogen-bond donors (Lipinski definition) is 2. The number of carboxylic acid groups (broad SMARTS) is 1. The van der Waals surface area contributed by atoms with Crippen molar-refractivity contribution in [3.05, 3.63) is 56.4 Å². The Kier molecular flexibility index (Phi) is 4.43. The standard InChI is InChI=1S/C12H9BrN4O4/c13-8-4-10(17(20)21)11(15-5-8)16-6-9-3-7(12(18)19)1-2-14-9/h1-5H,6H2,(H,15,16)(H,18,19). The summed E-state index contributed by atoms with van der Waals surface area (Å²) in [5.74, 6) is -0.975. The van der Waals surface area contributed by atoms with E-state index in [4.69, 9.17) is 5.11 Å². The first kappa shape index (κ1) is 14.9. The van der Waals surface area contributed by atoms with Gasteiger partial charge in [-0.3, -0.25) is 15.1 Å². The predicted octanol–water partition coefficient (Wildman–Crippen LogP) is 2.46. The SMILES string of the molecule is O=C(O)c1ccnc(CNc2ncc(Br)cc2[N+](=O)[O-])c1. The Bertz CT molecular complexity index is 707. The average Bonchev–Trinajstić information content (AvgIpc) is 2.46. The molecule has 0 aromatic carbocycles. The average molecular weight is 353 g/mol. The molecule has 0 aliphatic rings.